The van der Waals surface area contributed by atoms with Gasteiger partial charge in [0, 0.05) is 13.2 Å². The highest BCUT2D eigenvalue weighted by atomic mass is 16.6. The van der Waals surface area contributed by atoms with Crippen LogP contribution in [0.2, 0.25) is 0 Å². The molecule has 0 fully saturated rings. The molecule has 2 heterocycles. The fourth-order valence-corrected chi connectivity index (χ4v) is 2.08. The highest BCUT2D eigenvalue weighted by Crippen LogP contribution is 2.23. The lowest BCUT2D eigenvalue weighted by Crippen LogP contribution is -2.12. The molecule has 1 N–H and O–H groups in total. The van der Waals surface area contributed by atoms with Gasteiger partial charge in [-0.3, -0.25) is 0 Å². The summed E-state index contributed by atoms with van der Waals surface area (Å²) in [6.07, 6.45) is 3.40. The number of carbonyl (C=O) groups excluding carboxylic acids is 1. The molecule has 2 rings (SSSR count). The molecule has 0 aromatic carbocycles. The predicted molar refractivity (Wildman–Crippen MR) is 100 cm³/mol. The molecule has 0 bridgehead atoms. The van der Waals surface area contributed by atoms with Crippen LogP contribution in [0.15, 0.2) is 18.6 Å². The second-order valence-electron chi connectivity index (χ2n) is 5.73. The molecule has 0 aliphatic carbocycles. The van der Waals surface area contributed by atoms with E-state index in [1.165, 1.54) is 23.3 Å². The molecule has 0 amide bonds. The molecule has 11 heteroatoms. The Bertz CT molecular complexity index is 754. The maximum Gasteiger partial charge on any atom is 0.378 e. The maximum absolute atomic E-state index is 11.8. The summed E-state index contributed by atoms with van der Waals surface area (Å²) in [7, 11) is 1.62. The van der Waals surface area contributed by atoms with Crippen molar-refractivity contribution in [1.29, 1.82) is 0 Å². The monoisotopic (exact) mass is 410 g/mol. The van der Waals surface area contributed by atoms with E-state index in [0.29, 0.717) is 45.2 Å². The number of ether oxygens (including phenoxy) is 5. The summed E-state index contributed by atoms with van der Waals surface area (Å²) in [6.45, 7) is 4.83. The number of aromatic nitrogens is 4. The molecule has 0 saturated carbocycles. The Morgan fingerprint density at radius 1 is 1.07 bits per heavy atom. The lowest BCUT2D eigenvalue weighted by Gasteiger charge is -2.09. The van der Waals surface area contributed by atoms with E-state index in [0.717, 1.165) is 0 Å². The fraction of sp³-hybridized carbons (Fsp3) is 0.556. The number of hydrogen-bond acceptors (Lipinski definition) is 10. The van der Waals surface area contributed by atoms with Gasteiger partial charge in [-0.25, -0.2) is 14.8 Å². The molecule has 2 aromatic rings. The van der Waals surface area contributed by atoms with Crippen LogP contribution >= 0.6 is 0 Å². The minimum absolute atomic E-state index is 0.108. The number of carbonyl (C=O) groups is 1. The van der Waals surface area contributed by atoms with Gasteiger partial charge in [0.15, 0.2) is 11.6 Å². The fourth-order valence-electron chi connectivity index (χ4n) is 2.08. The molecule has 0 aliphatic heterocycles. The average molecular weight is 410 g/mol. The Kier molecular flexibility index (Phi) is 9.83. The molecule has 0 aliphatic rings. The van der Waals surface area contributed by atoms with Crippen molar-refractivity contribution >= 4 is 5.97 Å². The van der Waals surface area contributed by atoms with E-state index in [4.69, 9.17) is 23.7 Å². The summed E-state index contributed by atoms with van der Waals surface area (Å²) in [6, 6.07) is 1.40. The Labute approximate surface area is 168 Å². The Morgan fingerprint density at radius 3 is 2.48 bits per heavy atom. The Hall–Kier alpha value is -2.76. The van der Waals surface area contributed by atoms with Gasteiger partial charge in [0.1, 0.15) is 18.7 Å². The summed E-state index contributed by atoms with van der Waals surface area (Å²) in [5.74, 6) is -0.427. The van der Waals surface area contributed by atoms with E-state index in [-0.39, 0.29) is 30.6 Å². The van der Waals surface area contributed by atoms with Crippen LogP contribution in [-0.4, -0.2) is 84.2 Å². The van der Waals surface area contributed by atoms with Crippen LogP contribution in [0.1, 0.15) is 24.0 Å². The normalized spacial score (nSPS) is 10.8. The molecular weight excluding hydrogens is 384 g/mol. The number of methoxy groups -OCH3 is 1. The summed E-state index contributed by atoms with van der Waals surface area (Å²) in [4.78, 5) is 19.7. The smallest absolute Gasteiger partial charge is 0.378 e. The highest BCUT2D eigenvalue weighted by Gasteiger charge is 2.16. The number of esters is 1. The molecule has 0 spiro atoms. The van der Waals surface area contributed by atoms with Gasteiger partial charge >= 0.3 is 5.97 Å². The first-order valence-corrected chi connectivity index (χ1v) is 9.21. The van der Waals surface area contributed by atoms with Crippen LogP contribution in [0.5, 0.6) is 11.5 Å². The van der Waals surface area contributed by atoms with Crippen molar-refractivity contribution in [1.82, 2.24) is 19.7 Å². The van der Waals surface area contributed by atoms with E-state index in [9.17, 15) is 9.90 Å². The van der Waals surface area contributed by atoms with Gasteiger partial charge in [0.05, 0.1) is 45.8 Å². The Balaban J connectivity index is 1.77. The largest absolute Gasteiger partial charge is 0.504 e. The Morgan fingerprint density at radius 2 is 1.79 bits per heavy atom. The number of rotatable bonds is 14. The van der Waals surface area contributed by atoms with Crippen LogP contribution in [0.3, 0.4) is 0 Å². The molecule has 0 saturated heterocycles. The first-order valence-electron chi connectivity index (χ1n) is 9.21. The minimum atomic E-state index is -0.630. The van der Waals surface area contributed by atoms with E-state index in [1.807, 2.05) is 6.92 Å². The summed E-state index contributed by atoms with van der Waals surface area (Å²) in [5.41, 5.74) is 0. The summed E-state index contributed by atoms with van der Waals surface area (Å²) >= 11 is 0. The van der Waals surface area contributed by atoms with Gasteiger partial charge in [0.2, 0.25) is 0 Å². The molecule has 2 aromatic heterocycles. The third kappa shape index (κ3) is 7.64. The maximum atomic E-state index is 11.8. The lowest BCUT2D eigenvalue weighted by molar-refractivity contribution is 0.0179. The van der Waals surface area contributed by atoms with Gasteiger partial charge in [-0.15, -0.1) is 5.10 Å². The lowest BCUT2D eigenvalue weighted by atomic mass is 10.4. The van der Waals surface area contributed by atoms with Crippen molar-refractivity contribution in [2.75, 3.05) is 53.4 Å². The van der Waals surface area contributed by atoms with Crippen molar-refractivity contribution < 1.29 is 33.6 Å². The van der Waals surface area contributed by atoms with Crippen molar-refractivity contribution in [3.63, 3.8) is 0 Å². The van der Waals surface area contributed by atoms with Gasteiger partial charge in [-0.05, 0) is 6.42 Å². The average Bonchev–Trinajstić information content (AvgIpc) is 3.21. The van der Waals surface area contributed by atoms with Gasteiger partial charge < -0.3 is 28.8 Å². The third-order valence-electron chi connectivity index (χ3n) is 3.45. The van der Waals surface area contributed by atoms with Crippen molar-refractivity contribution in [3.05, 3.63) is 24.4 Å². The molecule has 29 heavy (non-hydrogen) atoms. The molecule has 0 atom stereocenters. The standard InChI is InChI=1S/C18H26N4O7/c1-3-4-29-18(24)16-20-13-22(21-16)17-15(23)11-14(12-19-17)28-10-9-27-8-7-26-6-5-25-2/h11-13,23H,3-10H2,1-2H3. The number of aromatic hydroxyl groups is 1. The van der Waals surface area contributed by atoms with Gasteiger partial charge in [-0.2, -0.15) is 4.68 Å². The zero-order valence-electron chi connectivity index (χ0n) is 16.6. The minimum Gasteiger partial charge on any atom is -0.504 e. The zero-order chi connectivity index (χ0) is 20.9. The van der Waals surface area contributed by atoms with Crippen LogP contribution < -0.4 is 4.74 Å². The summed E-state index contributed by atoms with van der Waals surface area (Å²) in [5, 5.41) is 14.1. The van der Waals surface area contributed by atoms with Crippen LogP contribution in [0.25, 0.3) is 5.82 Å². The highest BCUT2D eigenvalue weighted by molar-refractivity contribution is 5.84. The third-order valence-corrected chi connectivity index (χ3v) is 3.45. The number of pyridine rings is 1. The van der Waals surface area contributed by atoms with Crippen molar-refractivity contribution in [2.45, 2.75) is 13.3 Å². The quantitative estimate of drug-likeness (QED) is 0.356. The number of nitrogens with zero attached hydrogens (tertiary/aromatic N) is 4. The molecule has 0 unspecified atom stereocenters. The topological polar surface area (TPSA) is 127 Å². The SMILES string of the molecule is CCCOC(=O)c1ncn(-c2ncc(OCCOCCOCCOC)cc2O)n1. The van der Waals surface area contributed by atoms with Crippen LogP contribution in [-0.2, 0) is 18.9 Å². The first kappa shape index (κ1) is 22.5. The number of hydrogen-bond donors (Lipinski definition) is 1. The molecule has 160 valence electrons. The molecular formula is C18H26N4O7. The van der Waals surface area contributed by atoms with Crippen LogP contribution in [0.4, 0.5) is 0 Å². The first-order chi connectivity index (χ1) is 14.2. The molecule has 0 radical (unpaired) electrons. The van der Waals surface area contributed by atoms with Crippen molar-refractivity contribution in [3.8, 4) is 17.3 Å². The zero-order valence-corrected chi connectivity index (χ0v) is 16.6. The second-order valence-corrected chi connectivity index (χ2v) is 5.73. The van der Waals surface area contributed by atoms with E-state index in [2.05, 4.69) is 15.1 Å². The summed E-state index contributed by atoms with van der Waals surface area (Å²) < 4.78 is 27.1. The predicted octanol–water partition coefficient (Wildman–Crippen LogP) is 0.993. The van der Waals surface area contributed by atoms with Crippen LogP contribution in [0, 0.1) is 0 Å². The second kappa shape index (κ2) is 12.6. The van der Waals surface area contributed by atoms with Crippen molar-refractivity contribution in [2.24, 2.45) is 0 Å². The van der Waals surface area contributed by atoms with Gasteiger partial charge in [-0.1, -0.05) is 6.92 Å². The van der Waals surface area contributed by atoms with E-state index in [1.54, 1.807) is 7.11 Å². The van der Waals surface area contributed by atoms with E-state index < -0.39 is 5.97 Å². The van der Waals surface area contributed by atoms with E-state index >= 15 is 0 Å². The molecule has 11 nitrogen and oxygen atoms in total. The van der Waals surface area contributed by atoms with Gasteiger partial charge in [0.25, 0.3) is 5.82 Å².